The molecule has 4 heteroatoms. The van der Waals surface area contributed by atoms with E-state index in [0.29, 0.717) is 0 Å². The van der Waals surface area contributed by atoms with Crippen LogP contribution in [0.3, 0.4) is 0 Å². The van der Waals surface area contributed by atoms with Crippen LogP contribution in [0.5, 0.6) is 0 Å². The third-order valence-electron chi connectivity index (χ3n) is 4.58. The first-order chi connectivity index (χ1) is 8.81. The molecule has 106 valence electrons. The molecule has 2 heterocycles. The summed E-state index contributed by atoms with van der Waals surface area (Å²) in [5, 5.41) is 0. The summed E-state index contributed by atoms with van der Waals surface area (Å²) in [7, 11) is 0. The van der Waals surface area contributed by atoms with Gasteiger partial charge < -0.3 is 20.4 Å². The fourth-order valence-corrected chi connectivity index (χ4v) is 3.23. The zero-order valence-electron chi connectivity index (χ0n) is 12.0. The van der Waals surface area contributed by atoms with Crippen LogP contribution in [-0.4, -0.2) is 80.1 Å². The average Bonchev–Trinajstić information content (AvgIpc) is 2.42. The summed E-state index contributed by atoms with van der Waals surface area (Å²) in [5.41, 5.74) is 5.62. The molecule has 0 aromatic heterocycles. The third kappa shape index (κ3) is 4.19. The Balaban J connectivity index is 1.63. The van der Waals surface area contributed by atoms with E-state index < -0.39 is 0 Å². The van der Waals surface area contributed by atoms with Gasteiger partial charge in [0.05, 0.1) is 0 Å². The number of hydrogen-bond donors (Lipinski definition) is 1. The number of piperidine rings is 1. The summed E-state index contributed by atoms with van der Waals surface area (Å²) in [5.74, 6) is 0.923. The molecule has 0 aromatic rings. The van der Waals surface area contributed by atoms with Crippen LogP contribution < -0.4 is 5.73 Å². The minimum absolute atomic E-state index is 0.809. The molecule has 0 saturated carbocycles. The van der Waals surface area contributed by atoms with Gasteiger partial charge in [0, 0.05) is 45.8 Å². The number of piperazine rings is 1. The molecule has 2 aliphatic heterocycles. The fraction of sp³-hybridized carbons (Fsp3) is 1.00. The van der Waals surface area contributed by atoms with E-state index in [1.165, 1.54) is 65.2 Å². The van der Waals surface area contributed by atoms with Crippen molar-refractivity contribution in [3.05, 3.63) is 0 Å². The van der Waals surface area contributed by atoms with Crippen LogP contribution in [0, 0.1) is 5.92 Å². The fourth-order valence-electron chi connectivity index (χ4n) is 3.23. The highest BCUT2D eigenvalue weighted by atomic mass is 15.3. The molecule has 0 unspecified atom stereocenters. The van der Waals surface area contributed by atoms with Crippen molar-refractivity contribution < 1.29 is 0 Å². The lowest BCUT2D eigenvalue weighted by Crippen LogP contribution is -2.48. The second-order valence-corrected chi connectivity index (χ2v) is 5.81. The Kier molecular flexibility index (Phi) is 5.89. The van der Waals surface area contributed by atoms with E-state index in [1.54, 1.807) is 0 Å². The second-order valence-electron chi connectivity index (χ2n) is 5.81. The van der Waals surface area contributed by atoms with Gasteiger partial charge in [-0.1, -0.05) is 6.92 Å². The molecule has 0 aliphatic carbocycles. The maximum atomic E-state index is 5.62. The molecule has 0 bridgehead atoms. The number of hydrogen-bond acceptors (Lipinski definition) is 4. The first-order valence-corrected chi connectivity index (χ1v) is 7.69. The summed E-state index contributed by atoms with van der Waals surface area (Å²) in [6.07, 6.45) is 2.74. The topological polar surface area (TPSA) is 35.7 Å². The maximum Gasteiger partial charge on any atom is 0.0110 e. The zero-order valence-corrected chi connectivity index (χ0v) is 12.0. The predicted octanol–water partition coefficient (Wildman–Crippen LogP) is 0.295. The van der Waals surface area contributed by atoms with Crippen LogP contribution in [-0.2, 0) is 0 Å². The first kappa shape index (κ1) is 14.3. The lowest BCUT2D eigenvalue weighted by atomic mass is 9.96. The minimum Gasteiger partial charge on any atom is -0.329 e. The normalized spacial score (nSPS) is 25.7. The van der Waals surface area contributed by atoms with Crippen LogP contribution in [0.15, 0.2) is 0 Å². The molecule has 2 aliphatic rings. The third-order valence-corrected chi connectivity index (χ3v) is 4.58. The Hall–Kier alpha value is -0.160. The summed E-state index contributed by atoms with van der Waals surface area (Å²) in [4.78, 5) is 7.75. The Labute approximate surface area is 112 Å². The van der Waals surface area contributed by atoms with Crippen molar-refractivity contribution in [1.82, 2.24) is 14.7 Å². The second kappa shape index (κ2) is 7.43. The van der Waals surface area contributed by atoms with E-state index in [9.17, 15) is 0 Å². The maximum absolute atomic E-state index is 5.62. The molecule has 0 amide bonds. The van der Waals surface area contributed by atoms with Crippen molar-refractivity contribution in [3.63, 3.8) is 0 Å². The molecule has 2 fully saturated rings. The Bertz CT molecular complexity index is 218. The zero-order chi connectivity index (χ0) is 12.8. The Morgan fingerprint density at radius 3 is 2.06 bits per heavy atom. The van der Waals surface area contributed by atoms with Gasteiger partial charge in [0.2, 0.25) is 0 Å². The van der Waals surface area contributed by atoms with E-state index in [2.05, 4.69) is 21.6 Å². The van der Waals surface area contributed by atoms with E-state index in [4.69, 9.17) is 5.73 Å². The largest absolute Gasteiger partial charge is 0.329 e. The number of likely N-dealkylation sites (N-methyl/N-ethyl adjacent to an activating group) is 1. The van der Waals surface area contributed by atoms with Gasteiger partial charge in [-0.15, -0.1) is 0 Å². The Morgan fingerprint density at radius 2 is 1.50 bits per heavy atom. The number of rotatable bonds is 5. The molecular weight excluding hydrogens is 224 g/mol. The highest BCUT2D eigenvalue weighted by Gasteiger charge is 2.22. The highest BCUT2D eigenvalue weighted by molar-refractivity contribution is 4.78. The van der Waals surface area contributed by atoms with Crippen molar-refractivity contribution in [1.29, 1.82) is 0 Å². The Morgan fingerprint density at radius 1 is 0.889 bits per heavy atom. The van der Waals surface area contributed by atoms with E-state index in [-0.39, 0.29) is 0 Å². The van der Waals surface area contributed by atoms with Crippen LogP contribution >= 0.6 is 0 Å². The van der Waals surface area contributed by atoms with Crippen molar-refractivity contribution in [2.45, 2.75) is 19.8 Å². The van der Waals surface area contributed by atoms with Gasteiger partial charge in [0.25, 0.3) is 0 Å². The average molecular weight is 254 g/mol. The number of nitrogens with zero attached hydrogens (tertiary/aromatic N) is 3. The SMILES string of the molecule is CCN1CCN(CC2CCN(CCN)CC2)CC1. The number of likely N-dealkylation sites (tertiary alicyclic amines) is 1. The van der Waals surface area contributed by atoms with Crippen LogP contribution in [0.2, 0.25) is 0 Å². The highest BCUT2D eigenvalue weighted by Crippen LogP contribution is 2.18. The molecular formula is C14H30N4. The van der Waals surface area contributed by atoms with Gasteiger partial charge in [-0.3, -0.25) is 0 Å². The van der Waals surface area contributed by atoms with Crippen LogP contribution in [0.4, 0.5) is 0 Å². The van der Waals surface area contributed by atoms with E-state index in [1.807, 2.05) is 0 Å². The smallest absolute Gasteiger partial charge is 0.0110 e. The summed E-state index contributed by atoms with van der Waals surface area (Å²) in [6.45, 7) is 14.3. The van der Waals surface area contributed by atoms with Crippen molar-refractivity contribution >= 4 is 0 Å². The molecule has 0 atom stereocenters. The number of nitrogens with two attached hydrogens (primary N) is 1. The molecule has 4 nitrogen and oxygen atoms in total. The van der Waals surface area contributed by atoms with Gasteiger partial charge in [-0.05, 0) is 38.4 Å². The van der Waals surface area contributed by atoms with Crippen molar-refractivity contribution in [2.24, 2.45) is 11.7 Å². The molecule has 2 rings (SSSR count). The van der Waals surface area contributed by atoms with Crippen LogP contribution in [0.1, 0.15) is 19.8 Å². The van der Waals surface area contributed by atoms with E-state index >= 15 is 0 Å². The van der Waals surface area contributed by atoms with Gasteiger partial charge in [-0.2, -0.15) is 0 Å². The van der Waals surface area contributed by atoms with Gasteiger partial charge in [0.15, 0.2) is 0 Å². The molecule has 0 radical (unpaired) electrons. The quantitative estimate of drug-likeness (QED) is 0.765. The van der Waals surface area contributed by atoms with Crippen molar-refractivity contribution in [3.8, 4) is 0 Å². The van der Waals surface area contributed by atoms with Gasteiger partial charge >= 0.3 is 0 Å². The standard InChI is InChI=1S/C14H30N4/c1-2-16-9-11-18(12-10-16)13-14-3-6-17(7-4-14)8-5-15/h14H,2-13,15H2,1H3. The first-order valence-electron chi connectivity index (χ1n) is 7.69. The molecule has 18 heavy (non-hydrogen) atoms. The lowest BCUT2D eigenvalue weighted by molar-refractivity contribution is 0.0983. The predicted molar refractivity (Wildman–Crippen MR) is 76.8 cm³/mol. The minimum atomic E-state index is 0.809. The monoisotopic (exact) mass is 254 g/mol. The van der Waals surface area contributed by atoms with Gasteiger partial charge in [0.1, 0.15) is 0 Å². The summed E-state index contributed by atoms with van der Waals surface area (Å²) >= 11 is 0. The molecule has 0 spiro atoms. The molecule has 0 aromatic carbocycles. The van der Waals surface area contributed by atoms with Crippen LogP contribution in [0.25, 0.3) is 0 Å². The van der Waals surface area contributed by atoms with E-state index in [0.717, 1.165) is 19.0 Å². The summed E-state index contributed by atoms with van der Waals surface area (Å²) in [6, 6.07) is 0. The van der Waals surface area contributed by atoms with Gasteiger partial charge in [-0.25, -0.2) is 0 Å². The molecule has 2 saturated heterocycles. The molecule has 2 N–H and O–H groups in total. The van der Waals surface area contributed by atoms with Crippen molar-refractivity contribution in [2.75, 3.05) is 65.4 Å². The lowest BCUT2D eigenvalue weighted by Gasteiger charge is -2.38. The summed E-state index contributed by atoms with van der Waals surface area (Å²) < 4.78 is 0.